The van der Waals surface area contributed by atoms with Crippen LogP contribution in [0.4, 0.5) is 4.79 Å². The maximum Gasteiger partial charge on any atom is 0.418 e. The van der Waals surface area contributed by atoms with Crippen LogP contribution in [-0.2, 0) is 0 Å². The lowest BCUT2D eigenvalue weighted by Crippen LogP contribution is -2.32. The summed E-state index contributed by atoms with van der Waals surface area (Å²) in [4.78, 5) is 11.6. The second-order valence-electron chi connectivity index (χ2n) is 4.07. The Morgan fingerprint density at radius 3 is 2.32 bits per heavy atom. The Morgan fingerprint density at radius 2 is 1.68 bits per heavy atom. The monoisotopic (exact) mass is 254 g/mol. The van der Waals surface area contributed by atoms with Crippen LogP contribution in [-0.4, -0.2) is 11.9 Å². The van der Waals surface area contributed by atoms with Crippen molar-refractivity contribution < 1.29 is 9.53 Å². The Labute approximate surface area is 111 Å². The van der Waals surface area contributed by atoms with Crippen molar-refractivity contribution in [3.8, 4) is 5.75 Å². The van der Waals surface area contributed by atoms with Gasteiger partial charge in [0.2, 0.25) is 0 Å². The Balaban J connectivity index is 1.95. The van der Waals surface area contributed by atoms with Gasteiger partial charge < -0.3 is 4.74 Å². The summed E-state index contributed by atoms with van der Waals surface area (Å²) in [5, 5.41) is 10.1. The summed E-state index contributed by atoms with van der Waals surface area (Å²) in [6.45, 7) is 1.95. The number of carbonyl (C=O) groups excluding carboxylic acids is 1. The van der Waals surface area contributed by atoms with Crippen LogP contribution >= 0.6 is 0 Å². The lowest BCUT2D eigenvalue weighted by molar-refractivity contribution is 0.206. The number of amides is 1. The van der Waals surface area contributed by atoms with Gasteiger partial charge >= 0.3 is 6.09 Å². The molecule has 0 radical (unpaired) electrons. The fraction of sp³-hybridized carbons (Fsp3) is 0.0667. The number of hydrogen-bond acceptors (Lipinski definition) is 3. The summed E-state index contributed by atoms with van der Waals surface area (Å²) < 4.78 is 5.07. The number of benzene rings is 2. The minimum absolute atomic E-state index is 0.0118. The third-order valence-electron chi connectivity index (χ3n) is 2.52. The standard InChI is InChI=1S/C15H14N2O2/c1-11-7-9-13(10-8-11)19-15(18)17-14(16)12-5-3-2-4-6-12/h2-10H,1H3,(H2,16,17,18). The molecule has 0 saturated carbocycles. The van der Waals surface area contributed by atoms with E-state index in [2.05, 4.69) is 5.32 Å². The van der Waals surface area contributed by atoms with E-state index in [1.54, 1.807) is 36.4 Å². The lowest BCUT2D eigenvalue weighted by atomic mass is 10.2. The maximum atomic E-state index is 11.6. The molecule has 0 saturated heterocycles. The fourth-order valence-corrected chi connectivity index (χ4v) is 1.52. The van der Waals surface area contributed by atoms with Crippen molar-refractivity contribution in [3.05, 3.63) is 65.7 Å². The molecule has 2 aromatic rings. The van der Waals surface area contributed by atoms with Gasteiger partial charge in [0.1, 0.15) is 11.6 Å². The zero-order valence-corrected chi connectivity index (χ0v) is 10.5. The highest BCUT2D eigenvalue weighted by atomic mass is 16.6. The van der Waals surface area contributed by atoms with Gasteiger partial charge in [-0.25, -0.2) is 4.79 Å². The molecule has 0 aliphatic heterocycles. The highest BCUT2D eigenvalue weighted by Crippen LogP contribution is 2.11. The van der Waals surface area contributed by atoms with E-state index < -0.39 is 6.09 Å². The molecule has 0 aliphatic carbocycles. The van der Waals surface area contributed by atoms with Crippen molar-refractivity contribution in [2.24, 2.45) is 0 Å². The van der Waals surface area contributed by atoms with Gasteiger partial charge in [0.15, 0.2) is 0 Å². The maximum absolute atomic E-state index is 11.6. The van der Waals surface area contributed by atoms with E-state index in [0.717, 1.165) is 5.56 Å². The molecule has 1 amide bonds. The first-order valence-electron chi connectivity index (χ1n) is 5.84. The van der Waals surface area contributed by atoms with Crippen LogP contribution in [0.1, 0.15) is 11.1 Å². The second kappa shape index (κ2) is 5.82. The van der Waals surface area contributed by atoms with E-state index >= 15 is 0 Å². The van der Waals surface area contributed by atoms with Crippen molar-refractivity contribution in [1.82, 2.24) is 5.32 Å². The Morgan fingerprint density at radius 1 is 1.05 bits per heavy atom. The zero-order chi connectivity index (χ0) is 13.7. The average Bonchev–Trinajstić information content (AvgIpc) is 2.42. The molecule has 4 nitrogen and oxygen atoms in total. The normalized spacial score (nSPS) is 9.74. The topological polar surface area (TPSA) is 62.2 Å². The first-order valence-corrected chi connectivity index (χ1v) is 5.84. The highest BCUT2D eigenvalue weighted by Gasteiger charge is 2.08. The van der Waals surface area contributed by atoms with E-state index in [1.807, 2.05) is 25.1 Å². The summed E-state index contributed by atoms with van der Waals surface area (Å²) in [5.41, 5.74) is 1.72. The number of nitrogens with one attached hydrogen (secondary N) is 2. The van der Waals surface area contributed by atoms with E-state index in [1.165, 1.54) is 0 Å². The predicted octanol–water partition coefficient (Wildman–Crippen LogP) is 3.11. The van der Waals surface area contributed by atoms with Gasteiger partial charge in [-0.1, -0.05) is 48.0 Å². The molecule has 0 unspecified atom stereocenters. The number of rotatable bonds is 2. The zero-order valence-electron chi connectivity index (χ0n) is 10.5. The van der Waals surface area contributed by atoms with Gasteiger partial charge in [0.05, 0.1) is 0 Å². The summed E-state index contributed by atoms with van der Waals surface area (Å²) in [7, 11) is 0. The number of hydrogen-bond donors (Lipinski definition) is 2. The number of amidine groups is 1. The van der Waals surface area contributed by atoms with E-state index in [9.17, 15) is 4.79 Å². The van der Waals surface area contributed by atoms with Gasteiger partial charge in [0, 0.05) is 5.56 Å². The number of aryl methyl sites for hydroxylation is 1. The third-order valence-corrected chi connectivity index (χ3v) is 2.52. The van der Waals surface area contributed by atoms with Gasteiger partial charge in [-0.05, 0) is 19.1 Å². The molecule has 19 heavy (non-hydrogen) atoms. The van der Waals surface area contributed by atoms with E-state index in [4.69, 9.17) is 10.1 Å². The number of carbonyl (C=O) groups is 1. The molecule has 0 spiro atoms. The van der Waals surface area contributed by atoms with Crippen LogP contribution in [0.3, 0.4) is 0 Å². The number of ether oxygens (including phenoxy) is 1. The summed E-state index contributed by atoms with van der Waals surface area (Å²) >= 11 is 0. The smallest absolute Gasteiger partial charge is 0.410 e. The average molecular weight is 254 g/mol. The van der Waals surface area contributed by atoms with Crippen molar-refractivity contribution in [2.45, 2.75) is 6.92 Å². The SMILES string of the molecule is Cc1ccc(OC(=O)NC(=N)c2ccccc2)cc1. The lowest BCUT2D eigenvalue weighted by Gasteiger charge is -2.07. The molecule has 0 heterocycles. The molecular formula is C15H14N2O2. The molecule has 0 fully saturated rings. The van der Waals surface area contributed by atoms with E-state index in [-0.39, 0.29) is 5.84 Å². The summed E-state index contributed by atoms with van der Waals surface area (Å²) in [6.07, 6.45) is -0.669. The van der Waals surface area contributed by atoms with Crippen LogP contribution < -0.4 is 10.1 Å². The largest absolute Gasteiger partial charge is 0.418 e. The first kappa shape index (κ1) is 12.8. The molecule has 2 rings (SSSR count). The predicted molar refractivity (Wildman–Crippen MR) is 73.6 cm³/mol. The molecule has 0 aliphatic rings. The summed E-state index contributed by atoms with van der Waals surface area (Å²) in [5.74, 6) is 0.460. The molecule has 2 aromatic carbocycles. The van der Waals surface area contributed by atoms with Crippen molar-refractivity contribution >= 4 is 11.9 Å². The van der Waals surface area contributed by atoms with Crippen LogP contribution in [0.25, 0.3) is 0 Å². The molecule has 4 heteroatoms. The minimum atomic E-state index is -0.669. The quantitative estimate of drug-likeness (QED) is 0.639. The Hall–Kier alpha value is -2.62. The molecule has 96 valence electrons. The van der Waals surface area contributed by atoms with Gasteiger partial charge in [-0.3, -0.25) is 10.7 Å². The molecule has 2 N–H and O–H groups in total. The Kier molecular flexibility index (Phi) is 3.93. The molecule has 0 aromatic heterocycles. The summed E-state index contributed by atoms with van der Waals surface area (Å²) in [6, 6.07) is 16.1. The van der Waals surface area contributed by atoms with Gasteiger partial charge in [-0.2, -0.15) is 0 Å². The van der Waals surface area contributed by atoms with Crippen molar-refractivity contribution in [2.75, 3.05) is 0 Å². The molecule has 0 bridgehead atoms. The van der Waals surface area contributed by atoms with Crippen LogP contribution in [0.15, 0.2) is 54.6 Å². The molecular weight excluding hydrogens is 240 g/mol. The van der Waals surface area contributed by atoms with Gasteiger partial charge in [-0.15, -0.1) is 0 Å². The van der Waals surface area contributed by atoms with E-state index in [0.29, 0.717) is 11.3 Å². The van der Waals surface area contributed by atoms with Crippen LogP contribution in [0.5, 0.6) is 5.75 Å². The highest BCUT2D eigenvalue weighted by molar-refractivity contribution is 6.04. The van der Waals surface area contributed by atoms with Gasteiger partial charge in [0.25, 0.3) is 0 Å². The molecule has 0 atom stereocenters. The van der Waals surface area contributed by atoms with Crippen LogP contribution in [0.2, 0.25) is 0 Å². The van der Waals surface area contributed by atoms with Crippen molar-refractivity contribution in [1.29, 1.82) is 5.41 Å². The Bertz CT molecular complexity index is 577. The first-order chi connectivity index (χ1) is 9.15. The fourth-order valence-electron chi connectivity index (χ4n) is 1.52. The second-order valence-corrected chi connectivity index (χ2v) is 4.07. The van der Waals surface area contributed by atoms with Crippen LogP contribution in [0, 0.1) is 12.3 Å². The van der Waals surface area contributed by atoms with Crippen molar-refractivity contribution in [3.63, 3.8) is 0 Å². The third kappa shape index (κ3) is 3.67. The minimum Gasteiger partial charge on any atom is -0.410 e.